The average Bonchev–Trinajstić information content (AvgIpc) is 3.26. The lowest BCUT2D eigenvalue weighted by atomic mass is 10.2. The third kappa shape index (κ3) is 4.51. The Balaban J connectivity index is 1.32. The van der Waals surface area contributed by atoms with Crippen molar-refractivity contribution in [1.82, 2.24) is 19.7 Å². The second-order valence-corrected chi connectivity index (χ2v) is 7.68. The van der Waals surface area contributed by atoms with E-state index in [1.165, 1.54) is 11.8 Å². The predicted octanol–water partition coefficient (Wildman–Crippen LogP) is 2.67. The quantitative estimate of drug-likeness (QED) is 0.538. The zero-order valence-corrected chi connectivity index (χ0v) is 17.5. The highest BCUT2D eigenvalue weighted by atomic mass is 32.2. The molecule has 3 aromatic rings. The zero-order valence-electron chi connectivity index (χ0n) is 16.7. The fraction of sp³-hybridized carbons (Fsp3) is 0.286. The van der Waals surface area contributed by atoms with Crippen LogP contribution in [-0.2, 0) is 4.79 Å². The normalized spacial score (nSPS) is 14.9. The van der Waals surface area contributed by atoms with Gasteiger partial charge in [-0.25, -0.2) is 0 Å². The number of amides is 1. The van der Waals surface area contributed by atoms with Crippen molar-refractivity contribution in [2.75, 3.05) is 33.1 Å². The first-order valence-electron chi connectivity index (χ1n) is 9.43. The maximum absolute atomic E-state index is 12.6. The van der Waals surface area contributed by atoms with E-state index in [1.807, 2.05) is 53.1 Å². The second kappa shape index (κ2) is 9.08. The van der Waals surface area contributed by atoms with Gasteiger partial charge in [0, 0.05) is 12.7 Å². The van der Waals surface area contributed by atoms with Crippen molar-refractivity contribution in [1.29, 1.82) is 0 Å². The molecule has 4 rings (SSSR count). The van der Waals surface area contributed by atoms with E-state index in [-0.39, 0.29) is 17.8 Å². The van der Waals surface area contributed by atoms with Gasteiger partial charge in [0.2, 0.25) is 5.91 Å². The van der Waals surface area contributed by atoms with Gasteiger partial charge in [0.15, 0.2) is 22.8 Å². The number of thioether (sulfide) groups is 1. The Hall–Kier alpha value is -3.20. The summed E-state index contributed by atoms with van der Waals surface area (Å²) in [6.07, 6.45) is 1.42. The van der Waals surface area contributed by atoms with E-state index < -0.39 is 0 Å². The van der Waals surface area contributed by atoms with Crippen LogP contribution in [0.1, 0.15) is 0 Å². The van der Waals surface area contributed by atoms with Gasteiger partial charge in [-0.05, 0) is 36.4 Å². The van der Waals surface area contributed by atoms with Crippen LogP contribution in [0, 0.1) is 0 Å². The molecule has 1 aromatic heterocycles. The summed E-state index contributed by atoms with van der Waals surface area (Å²) in [5, 5.41) is 8.76. The molecule has 8 nitrogen and oxygen atoms in total. The number of hydrogen-bond acceptors (Lipinski definition) is 7. The lowest BCUT2D eigenvalue weighted by Gasteiger charge is -2.29. The van der Waals surface area contributed by atoms with Crippen LogP contribution in [-0.4, -0.2) is 64.7 Å². The molecule has 2 aromatic carbocycles. The maximum atomic E-state index is 12.6. The van der Waals surface area contributed by atoms with Crippen molar-refractivity contribution in [3.8, 4) is 22.9 Å². The molecular weight excluding hydrogens is 404 g/mol. The van der Waals surface area contributed by atoms with Crippen LogP contribution in [0.4, 0.5) is 0 Å². The van der Waals surface area contributed by atoms with Crippen molar-refractivity contribution < 1.29 is 19.0 Å². The minimum absolute atomic E-state index is 0.0215. The third-order valence-electron chi connectivity index (χ3n) is 4.66. The molecular formula is C21H22N4O4S. The van der Waals surface area contributed by atoms with Crippen molar-refractivity contribution in [3.63, 3.8) is 0 Å². The summed E-state index contributed by atoms with van der Waals surface area (Å²) in [5.41, 5.74) is 0.899. The molecule has 0 aliphatic carbocycles. The van der Waals surface area contributed by atoms with Gasteiger partial charge in [0.1, 0.15) is 18.7 Å². The van der Waals surface area contributed by atoms with E-state index in [9.17, 15) is 4.79 Å². The van der Waals surface area contributed by atoms with Gasteiger partial charge in [-0.15, -0.1) is 10.2 Å². The highest BCUT2D eigenvalue weighted by Gasteiger charge is 2.24. The van der Waals surface area contributed by atoms with Crippen LogP contribution in [0.2, 0.25) is 0 Å². The van der Waals surface area contributed by atoms with E-state index in [2.05, 4.69) is 10.2 Å². The molecule has 0 bridgehead atoms. The predicted molar refractivity (Wildman–Crippen MR) is 113 cm³/mol. The van der Waals surface area contributed by atoms with Gasteiger partial charge in [-0.1, -0.05) is 23.9 Å². The number of nitrogens with zero attached hydrogens (tertiary/aromatic N) is 4. The fourth-order valence-corrected chi connectivity index (χ4v) is 3.91. The molecule has 1 aliphatic heterocycles. The minimum atomic E-state index is -0.207. The Labute approximate surface area is 178 Å². The molecule has 9 heteroatoms. The Kier molecular flexibility index (Phi) is 6.08. The first kappa shape index (κ1) is 20.1. The SMILES string of the molecule is COc1ccc(-n2cnnc2SCC(=O)N(C)CC2COc3ccccc3O2)cc1. The number of para-hydroxylation sites is 2. The van der Waals surface area contributed by atoms with E-state index >= 15 is 0 Å². The number of likely N-dealkylation sites (N-methyl/N-ethyl adjacent to an activating group) is 1. The number of benzene rings is 2. The summed E-state index contributed by atoms with van der Waals surface area (Å²) < 4.78 is 18.7. The van der Waals surface area contributed by atoms with Gasteiger partial charge < -0.3 is 19.1 Å². The topological polar surface area (TPSA) is 78.7 Å². The fourth-order valence-electron chi connectivity index (χ4n) is 3.04. The molecule has 1 unspecified atom stereocenters. The molecule has 1 atom stereocenters. The number of methoxy groups -OCH3 is 1. The molecule has 156 valence electrons. The number of ether oxygens (including phenoxy) is 3. The van der Waals surface area contributed by atoms with Gasteiger partial charge in [0.25, 0.3) is 0 Å². The number of carbonyl (C=O) groups excluding carboxylic acids is 1. The van der Waals surface area contributed by atoms with Crippen LogP contribution >= 0.6 is 11.8 Å². The highest BCUT2D eigenvalue weighted by Crippen LogP contribution is 2.31. The minimum Gasteiger partial charge on any atom is -0.497 e. The summed E-state index contributed by atoms with van der Waals surface area (Å²) >= 11 is 1.34. The molecule has 0 N–H and O–H groups in total. The summed E-state index contributed by atoms with van der Waals surface area (Å²) in [7, 11) is 3.39. The zero-order chi connectivity index (χ0) is 20.9. The summed E-state index contributed by atoms with van der Waals surface area (Å²) in [4.78, 5) is 14.3. The first-order chi connectivity index (χ1) is 14.6. The van der Waals surface area contributed by atoms with E-state index in [0.717, 1.165) is 17.2 Å². The summed E-state index contributed by atoms with van der Waals surface area (Å²) in [5.74, 6) is 2.43. The number of rotatable bonds is 7. The van der Waals surface area contributed by atoms with E-state index in [1.54, 1.807) is 25.4 Å². The highest BCUT2D eigenvalue weighted by molar-refractivity contribution is 7.99. The van der Waals surface area contributed by atoms with Crippen LogP contribution in [0.25, 0.3) is 5.69 Å². The van der Waals surface area contributed by atoms with Crippen LogP contribution in [0.15, 0.2) is 60.0 Å². The number of hydrogen-bond donors (Lipinski definition) is 0. The van der Waals surface area contributed by atoms with Crippen LogP contribution < -0.4 is 14.2 Å². The van der Waals surface area contributed by atoms with Gasteiger partial charge in [-0.2, -0.15) is 0 Å². The molecule has 2 heterocycles. The van der Waals surface area contributed by atoms with Crippen LogP contribution in [0.5, 0.6) is 17.2 Å². The largest absolute Gasteiger partial charge is 0.497 e. The Morgan fingerprint density at radius 1 is 1.23 bits per heavy atom. The Bertz CT molecular complexity index is 1010. The Morgan fingerprint density at radius 3 is 2.77 bits per heavy atom. The summed E-state index contributed by atoms with van der Waals surface area (Å²) in [6.45, 7) is 0.854. The standard InChI is InChI=1S/C21H22N4O4S/c1-24(11-17-12-28-18-5-3-4-6-19(18)29-17)20(26)13-30-21-23-22-14-25(21)15-7-9-16(27-2)10-8-15/h3-10,14,17H,11-13H2,1-2H3. The smallest absolute Gasteiger partial charge is 0.232 e. The molecule has 1 aliphatic rings. The molecule has 0 saturated carbocycles. The second-order valence-electron chi connectivity index (χ2n) is 6.74. The molecule has 0 fully saturated rings. The lowest BCUT2D eigenvalue weighted by molar-refractivity contribution is -0.128. The van der Waals surface area contributed by atoms with Gasteiger partial charge in [0.05, 0.1) is 19.4 Å². The van der Waals surface area contributed by atoms with E-state index in [4.69, 9.17) is 14.2 Å². The molecule has 0 spiro atoms. The number of aromatic nitrogens is 3. The monoisotopic (exact) mass is 426 g/mol. The van der Waals surface area contributed by atoms with Gasteiger partial charge >= 0.3 is 0 Å². The van der Waals surface area contributed by atoms with Crippen molar-refractivity contribution in [2.45, 2.75) is 11.3 Å². The number of fused-ring (bicyclic) bond motifs is 1. The van der Waals surface area contributed by atoms with Crippen molar-refractivity contribution in [3.05, 3.63) is 54.9 Å². The van der Waals surface area contributed by atoms with Crippen molar-refractivity contribution >= 4 is 17.7 Å². The lowest BCUT2D eigenvalue weighted by Crippen LogP contribution is -2.42. The first-order valence-corrected chi connectivity index (χ1v) is 10.4. The van der Waals surface area contributed by atoms with Gasteiger partial charge in [-0.3, -0.25) is 9.36 Å². The van der Waals surface area contributed by atoms with E-state index in [0.29, 0.717) is 24.1 Å². The average molecular weight is 426 g/mol. The van der Waals surface area contributed by atoms with Crippen LogP contribution in [0.3, 0.4) is 0 Å². The number of carbonyl (C=O) groups is 1. The molecule has 0 saturated heterocycles. The Morgan fingerprint density at radius 2 is 2.00 bits per heavy atom. The molecule has 1 amide bonds. The maximum Gasteiger partial charge on any atom is 0.232 e. The molecule has 0 radical (unpaired) electrons. The molecule has 30 heavy (non-hydrogen) atoms. The summed E-state index contributed by atoms with van der Waals surface area (Å²) in [6, 6.07) is 15.1. The third-order valence-corrected chi connectivity index (χ3v) is 5.59. The van der Waals surface area contributed by atoms with Crippen molar-refractivity contribution in [2.24, 2.45) is 0 Å².